The third-order valence-corrected chi connectivity index (χ3v) is 4.26. The minimum Gasteiger partial charge on any atom is -0.453 e. The van der Waals surface area contributed by atoms with Crippen molar-refractivity contribution < 1.29 is 9.53 Å². The van der Waals surface area contributed by atoms with E-state index in [1.165, 1.54) is 26.4 Å². The molecular formula is C12H20N4O2. The number of hydrogen-bond acceptors (Lipinski definition) is 3. The number of ether oxygens (including phenoxy) is 1. The van der Waals surface area contributed by atoms with E-state index in [1.54, 1.807) is 0 Å². The first kappa shape index (κ1) is 13.0. The summed E-state index contributed by atoms with van der Waals surface area (Å²) in [5, 5.41) is 3.70. The largest absolute Gasteiger partial charge is 0.453 e. The van der Waals surface area contributed by atoms with Crippen LogP contribution >= 0.6 is 0 Å². The van der Waals surface area contributed by atoms with E-state index in [9.17, 15) is 4.79 Å². The molecule has 1 saturated carbocycles. The molecule has 1 unspecified atom stereocenters. The minimum absolute atomic E-state index is 0.240. The monoisotopic (exact) mass is 252 g/mol. The summed E-state index contributed by atoms with van der Waals surface area (Å²) in [4.78, 5) is 16.5. The highest BCUT2D eigenvalue weighted by molar-refractivity contribution is 5.68. The molecule has 1 amide bonds. The van der Waals surface area contributed by atoms with Crippen molar-refractivity contribution in [2.75, 3.05) is 20.2 Å². The van der Waals surface area contributed by atoms with Gasteiger partial charge in [-0.2, -0.15) is 0 Å². The standard InChI is InChI=1S/C12H20N4O2/c1-18-12(17)16-8-9(7-14-15-13)10-5-3-2-4-6-11(10)16/h9-11H,2-8H2,1H3/t9?,10-,11+/m0/s1. The van der Waals surface area contributed by atoms with Gasteiger partial charge >= 0.3 is 6.09 Å². The Hall–Kier alpha value is -1.42. The van der Waals surface area contributed by atoms with Crippen molar-refractivity contribution in [3.63, 3.8) is 0 Å². The van der Waals surface area contributed by atoms with E-state index in [0.29, 0.717) is 24.9 Å². The molecule has 0 spiro atoms. The number of carbonyl (C=O) groups excluding carboxylic acids is 1. The normalized spacial score (nSPS) is 31.2. The number of hydrogen-bond donors (Lipinski definition) is 0. The lowest BCUT2D eigenvalue weighted by molar-refractivity contribution is 0.112. The third kappa shape index (κ3) is 2.53. The lowest BCUT2D eigenvalue weighted by Gasteiger charge is -2.25. The maximum atomic E-state index is 11.8. The van der Waals surface area contributed by atoms with Crippen molar-refractivity contribution in [2.24, 2.45) is 17.0 Å². The number of nitrogens with zero attached hydrogens (tertiary/aromatic N) is 4. The molecule has 2 aliphatic rings. The van der Waals surface area contributed by atoms with Gasteiger partial charge in [0.15, 0.2) is 0 Å². The summed E-state index contributed by atoms with van der Waals surface area (Å²) < 4.78 is 4.86. The van der Waals surface area contributed by atoms with Gasteiger partial charge in [0.25, 0.3) is 0 Å². The van der Waals surface area contributed by atoms with Gasteiger partial charge < -0.3 is 9.64 Å². The summed E-state index contributed by atoms with van der Waals surface area (Å²) in [6.45, 7) is 1.16. The Morgan fingerprint density at radius 1 is 1.44 bits per heavy atom. The van der Waals surface area contributed by atoms with Crippen molar-refractivity contribution in [1.29, 1.82) is 0 Å². The third-order valence-electron chi connectivity index (χ3n) is 4.26. The van der Waals surface area contributed by atoms with Crippen LogP contribution in [0.2, 0.25) is 0 Å². The van der Waals surface area contributed by atoms with Gasteiger partial charge in [-0.15, -0.1) is 0 Å². The lowest BCUT2D eigenvalue weighted by atomic mass is 9.87. The second-order valence-corrected chi connectivity index (χ2v) is 5.17. The van der Waals surface area contributed by atoms with Crippen LogP contribution in [0.25, 0.3) is 10.4 Å². The molecule has 100 valence electrons. The van der Waals surface area contributed by atoms with E-state index >= 15 is 0 Å². The summed E-state index contributed by atoms with van der Waals surface area (Å²) in [7, 11) is 1.43. The quantitative estimate of drug-likeness (QED) is 0.430. The summed E-state index contributed by atoms with van der Waals surface area (Å²) >= 11 is 0. The Morgan fingerprint density at radius 2 is 2.22 bits per heavy atom. The summed E-state index contributed by atoms with van der Waals surface area (Å²) in [6, 6.07) is 0.277. The van der Waals surface area contributed by atoms with E-state index in [2.05, 4.69) is 10.0 Å². The average molecular weight is 252 g/mol. The maximum absolute atomic E-state index is 11.8. The molecule has 0 aromatic carbocycles. The van der Waals surface area contributed by atoms with Crippen LogP contribution in [0.15, 0.2) is 5.11 Å². The van der Waals surface area contributed by atoms with Gasteiger partial charge in [-0.05, 0) is 30.2 Å². The van der Waals surface area contributed by atoms with Gasteiger partial charge in [-0.25, -0.2) is 4.79 Å². The highest BCUT2D eigenvalue weighted by atomic mass is 16.5. The van der Waals surface area contributed by atoms with Crippen molar-refractivity contribution in [1.82, 2.24) is 4.90 Å². The first-order valence-electron chi connectivity index (χ1n) is 6.63. The Balaban J connectivity index is 2.14. The van der Waals surface area contributed by atoms with E-state index < -0.39 is 0 Å². The molecule has 6 heteroatoms. The van der Waals surface area contributed by atoms with E-state index in [0.717, 1.165) is 12.8 Å². The fraction of sp³-hybridized carbons (Fsp3) is 0.917. The second kappa shape index (κ2) is 5.96. The molecule has 0 aromatic rings. The van der Waals surface area contributed by atoms with E-state index in [-0.39, 0.29) is 12.1 Å². The molecule has 6 nitrogen and oxygen atoms in total. The fourth-order valence-corrected chi connectivity index (χ4v) is 3.44. The van der Waals surface area contributed by atoms with Gasteiger partial charge in [-0.1, -0.05) is 24.4 Å². The van der Waals surface area contributed by atoms with Gasteiger partial charge in [0.05, 0.1) is 7.11 Å². The Kier molecular flexibility index (Phi) is 4.31. The summed E-state index contributed by atoms with van der Waals surface area (Å²) in [5.74, 6) is 0.764. The summed E-state index contributed by atoms with van der Waals surface area (Å²) in [6.07, 6.45) is 5.55. The number of methoxy groups -OCH3 is 1. The van der Waals surface area contributed by atoms with Crippen molar-refractivity contribution >= 4 is 6.09 Å². The topological polar surface area (TPSA) is 78.3 Å². The predicted molar refractivity (Wildman–Crippen MR) is 67.0 cm³/mol. The van der Waals surface area contributed by atoms with Crippen LogP contribution in [0.3, 0.4) is 0 Å². The van der Waals surface area contributed by atoms with E-state index in [1.807, 2.05) is 4.90 Å². The molecule has 18 heavy (non-hydrogen) atoms. The molecule has 0 bridgehead atoms. The van der Waals surface area contributed by atoms with Gasteiger partial charge in [-0.3, -0.25) is 0 Å². The number of rotatable bonds is 2. The number of azide groups is 1. The van der Waals surface area contributed by atoms with Crippen LogP contribution in [0.4, 0.5) is 4.79 Å². The Bertz CT molecular complexity index is 354. The smallest absolute Gasteiger partial charge is 0.409 e. The number of likely N-dealkylation sites (tertiary alicyclic amines) is 1. The van der Waals surface area contributed by atoms with Crippen molar-refractivity contribution in [2.45, 2.75) is 38.1 Å². The van der Waals surface area contributed by atoms with Crippen molar-refractivity contribution in [3.8, 4) is 0 Å². The molecule has 0 aromatic heterocycles. The molecular weight excluding hydrogens is 232 g/mol. The Labute approximate surface area is 107 Å². The number of carbonyl (C=O) groups is 1. The second-order valence-electron chi connectivity index (χ2n) is 5.17. The summed E-state index contributed by atoms with van der Waals surface area (Å²) in [5.41, 5.74) is 8.45. The van der Waals surface area contributed by atoms with Gasteiger partial charge in [0.1, 0.15) is 0 Å². The first-order valence-corrected chi connectivity index (χ1v) is 6.63. The molecule has 0 radical (unpaired) electrons. The van der Waals surface area contributed by atoms with Gasteiger partial charge in [0, 0.05) is 24.0 Å². The molecule has 2 fully saturated rings. The number of amides is 1. The Morgan fingerprint density at radius 3 is 2.94 bits per heavy atom. The van der Waals surface area contributed by atoms with Crippen LogP contribution < -0.4 is 0 Å². The SMILES string of the molecule is COC(=O)N1CC(CN=[N+]=[N-])[C@@H]2CCCCC[C@H]21. The molecule has 3 atom stereocenters. The minimum atomic E-state index is -0.240. The van der Waals surface area contributed by atoms with Crippen LogP contribution in [0.1, 0.15) is 32.1 Å². The average Bonchev–Trinajstić information content (AvgIpc) is 2.58. The van der Waals surface area contributed by atoms with Crippen LogP contribution in [0.5, 0.6) is 0 Å². The number of fused-ring (bicyclic) bond motifs is 1. The van der Waals surface area contributed by atoms with Crippen LogP contribution in [-0.2, 0) is 4.74 Å². The van der Waals surface area contributed by atoms with E-state index in [4.69, 9.17) is 10.3 Å². The molecule has 1 saturated heterocycles. The zero-order valence-corrected chi connectivity index (χ0v) is 10.8. The van der Waals surface area contributed by atoms with Crippen LogP contribution in [-0.4, -0.2) is 37.2 Å². The molecule has 2 rings (SSSR count). The molecule has 1 heterocycles. The molecule has 1 aliphatic heterocycles. The zero-order chi connectivity index (χ0) is 13.0. The van der Waals surface area contributed by atoms with Crippen molar-refractivity contribution in [3.05, 3.63) is 10.4 Å². The first-order chi connectivity index (χ1) is 8.77. The van der Waals surface area contributed by atoms with Crippen LogP contribution in [0, 0.1) is 11.8 Å². The zero-order valence-electron chi connectivity index (χ0n) is 10.8. The lowest BCUT2D eigenvalue weighted by Crippen LogP contribution is -2.37. The highest BCUT2D eigenvalue weighted by Crippen LogP contribution is 2.39. The molecule has 0 N–H and O–H groups in total. The van der Waals surface area contributed by atoms with Gasteiger partial charge in [0.2, 0.25) is 0 Å². The maximum Gasteiger partial charge on any atom is 0.409 e. The highest BCUT2D eigenvalue weighted by Gasteiger charge is 2.43. The predicted octanol–water partition coefficient (Wildman–Crippen LogP) is 2.94. The fourth-order valence-electron chi connectivity index (χ4n) is 3.44. The molecule has 1 aliphatic carbocycles.